The lowest BCUT2D eigenvalue weighted by Gasteiger charge is -2.13. The molecule has 0 aliphatic rings. The molecule has 0 aromatic heterocycles. The lowest BCUT2D eigenvalue weighted by Crippen LogP contribution is -2.34. The Morgan fingerprint density at radius 2 is 1.61 bits per heavy atom. The Labute approximate surface area is 169 Å². The lowest BCUT2D eigenvalue weighted by atomic mass is 10.2. The van der Waals surface area contributed by atoms with Crippen molar-refractivity contribution in [2.75, 3.05) is 30.5 Å². The van der Waals surface area contributed by atoms with E-state index in [0.717, 1.165) is 0 Å². The molecule has 2 aromatic carbocycles. The van der Waals surface area contributed by atoms with Gasteiger partial charge in [0.1, 0.15) is 12.4 Å². The Morgan fingerprint density at radius 3 is 2.25 bits per heavy atom. The van der Waals surface area contributed by atoms with Crippen LogP contribution < -0.4 is 20.7 Å². The van der Waals surface area contributed by atoms with Crippen LogP contribution in [-0.2, 0) is 9.53 Å². The van der Waals surface area contributed by atoms with E-state index in [0.29, 0.717) is 42.5 Å². The van der Waals surface area contributed by atoms with Crippen LogP contribution in [0.4, 0.5) is 11.4 Å². The smallest absolute Gasteiger partial charge is 0.261 e. The summed E-state index contributed by atoms with van der Waals surface area (Å²) in [6.07, 6.45) is 0. The fraction of sp³-hybridized carbons (Fsp3) is 0.250. The van der Waals surface area contributed by atoms with Gasteiger partial charge in [0.15, 0.2) is 5.11 Å². The molecule has 148 valence electrons. The van der Waals surface area contributed by atoms with Gasteiger partial charge in [-0.05, 0) is 55.5 Å². The van der Waals surface area contributed by atoms with Crippen LogP contribution in [-0.4, -0.2) is 36.7 Å². The highest BCUT2D eigenvalue weighted by atomic mass is 32.1. The first-order valence-corrected chi connectivity index (χ1v) is 9.20. The number of nitrogens with one attached hydrogen (secondary N) is 3. The van der Waals surface area contributed by atoms with Gasteiger partial charge in [0.25, 0.3) is 5.91 Å². The van der Waals surface area contributed by atoms with Crippen molar-refractivity contribution in [3.8, 4) is 5.75 Å². The quantitative estimate of drug-likeness (QED) is 0.465. The molecule has 28 heavy (non-hydrogen) atoms. The SMILES string of the molecule is CCOCCOc1ccccc1C(=O)NC(=S)Nc1ccc(NC(C)=O)cc1. The van der Waals surface area contributed by atoms with Crippen molar-refractivity contribution < 1.29 is 19.1 Å². The van der Waals surface area contributed by atoms with E-state index in [4.69, 9.17) is 21.7 Å². The standard InChI is InChI=1S/C20H23N3O4S/c1-3-26-12-13-27-18-7-5-4-6-17(18)19(25)23-20(28)22-16-10-8-15(9-11-16)21-14(2)24/h4-11H,3,12-13H2,1-2H3,(H,21,24)(H2,22,23,25,28). The molecule has 0 atom stereocenters. The number of amides is 2. The van der Waals surface area contributed by atoms with E-state index in [1.807, 2.05) is 6.92 Å². The van der Waals surface area contributed by atoms with E-state index in [1.165, 1.54) is 6.92 Å². The van der Waals surface area contributed by atoms with Crippen molar-refractivity contribution in [1.29, 1.82) is 0 Å². The van der Waals surface area contributed by atoms with Gasteiger partial charge in [0, 0.05) is 24.9 Å². The van der Waals surface area contributed by atoms with Gasteiger partial charge in [-0.3, -0.25) is 14.9 Å². The first-order chi connectivity index (χ1) is 13.5. The van der Waals surface area contributed by atoms with Gasteiger partial charge in [-0.1, -0.05) is 12.1 Å². The zero-order valence-corrected chi connectivity index (χ0v) is 16.6. The molecule has 0 heterocycles. The summed E-state index contributed by atoms with van der Waals surface area (Å²) in [5.74, 6) is -0.0628. The molecular weight excluding hydrogens is 378 g/mol. The molecule has 0 radical (unpaired) electrons. The summed E-state index contributed by atoms with van der Waals surface area (Å²) < 4.78 is 10.9. The van der Waals surface area contributed by atoms with Gasteiger partial charge < -0.3 is 20.1 Å². The molecule has 2 amide bonds. The number of para-hydroxylation sites is 1. The fourth-order valence-electron chi connectivity index (χ4n) is 2.31. The molecule has 8 heteroatoms. The van der Waals surface area contributed by atoms with Crippen molar-refractivity contribution >= 4 is 40.5 Å². The molecule has 7 nitrogen and oxygen atoms in total. The minimum Gasteiger partial charge on any atom is -0.490 e. The Balaban J connectivity index is 1.93. The van der Waals surface area contributed by atoms with Crippen molar-refractivity contribution in [3.63, 3.8) is 0 Å². The Morgan fingerprint density at radius 1 is 0.964 bits per heavy atom. The third kappa shape index (κ3) is 6.98. The van der Waals surface area contributed by atoms with E-state index in [1.54, 1.807) is 48.5 Å². The number of ether oxygens (including phenoxy) is 2. The molecule has 0 fully saturated rings. The Hall–Kier alpha value is -2.97. The highest BCUT2D eigenvalue weighted by Gasteiger charge is 2.13. The molecule has 3 N–H and O–H groups in total. The number of carbonyl (C=O) groups is 2. The Bertz CT molecular complexity index is 824. The first kappa shape index (κ1) is 21.3. The van der Waals surface area contributed by atoms with Gasteiger partial charge in [-0.15, -0.1) is 0 Å². The summed E-state index contributed by atoms with van der Waals surface area (Å²) in [7, 11) is 0. The number of hydrogen-bond donors (Lipinski definition) is 3. The number of anilines is 2. The Kier molecular flexibility index (Phi) is 8.38. The lowest BCUT2D eigenvalue weighted by molar-refractivity contribution is -0.114. The zero-order valence-electron chi connectivity index (χ0n) is 15.8. The van der Waals surface area contributed by atoms with Crippen LogP contribution >= 0.6 is 12.2 Å². The molecule has 2 rings (SSSR count). The van der Waals surface area contributed by atoms with Crippen LogP contribution in [0.3, 0.4) is 0 Å². The summed E-state index contributed by atoms with van der Waals surface area (Å²) >= 11 is 5.21. The molecular formula is C20H23N3O4S. The first-order valence-electron chi connectivity index (χ1n) is 8.79. The topological polar surface area (TPSA) is 88.7 Å². The minimum absolute atomic E-state index is 0.148. The molecule has 0 saturated heterocycles. The summed E-state index contributed by atoms with van der Waals surface area (Å²) in [5.41, 5.74) is 1.73. The van der Waals surface area contributed by atoms with Crippen molar-refractivity contribution in [2.24, 2.45) is 0 Å². The van der Waals surface area contributed by atoms with Gasteiger partial charge in [-0.25, -0.2) is 0 Å². The summed E-state index contributed by atoms with van der Waals surface area (Å²) in [6.45, 7) is 4.75. The van der Waals surface area contributed by atoms with Crippen molar-refractivity contribution in [1.82, 2.24) is 5.32 Å². The normalized spacial score (nSPS) is 10.1. The molecule has 0 unspecified atom stereocenters. The van der Waals surface area contributed by atoms with Crippen LogP contribution in [0.2, 0.25) is 0 Å². The van der Waals surface area contributed by atoms with E-state index in [9.17, 15) is 9.59 Å². The van der Waals surface area contributed by atoms with Crippen LogP contribution in [0, 0.1) is 0 Å². The van der Waals surface area contributed by atoms with Gasteiger partial charge >= 0.3 is 0 Å². The third-order valence-electron chi connectivity index (χ3n) is 3.51. The van der Waals surface area contributed by atoms with Gasteiger partial charge in [-0.2, -0.15) is 0 Å². The van der Waals surface area contributed by atoms with E-state index < -0.39 is 0 Å². The second-order valence-corrected chi connectivity index (χ2v) is 6.12. The van der Waals surface area contributed by atoms with E-state index in [2.05, 4.69) is 16.0 Å². The molecule has 2 aromatic rings. The zero-order chi connectivity index (χ0) is 20.4. The van der Waals surface area contributed by atoms with Crippen LogP contribution in [0.5, 0.6) is 5.75 Å². The predicted molar refractivity (Wildman–Crippen MR) is 113 cm³/mol. The average Bonchev–Trinajstić information content (AvgIpc) is 2.66. The minimum atomic E-state index is -0.376. The summed E-state index contributed by atoms with van der Waals surface area (Å²) in [5, 5.41) is 8.39. The van der Waals surface area contributed by atoms with Crippen molar-refractivity contribution in [2.45, 2.75) is 13.8 Å². The molecule has 0 aliphatic heterocycles. The average molecular weight is 401 g/mol. The van der Waals surface area contributed by atoms with Crippen LogP contribution in [0.1, 0.15) is 24.2 Å². The van der Waals surface area contributed by atoms with Crippen LogP contribution in [0.15, 0.2) is 48.5 Å². The number of carbonyl (C=O) groups excluding carboxylic acids is 2. The maximum Gasteiger partial charge on any atom is 0.261 e. The largest absolute Gasteiger partial charge is 0.490 e. The molecule has 0 bridgehead atoms. The maximum atomic E-state index is 12.5. The molecule has 0 spiro atoms. The number of benzene rings is 2. The monoisotopic (exact) mass is 401 g/mol. The molecule has 0 saturated carbocycles. The number of hydrogen-bond acceptors (Lipinski definition) is 5. The predicted octanol–water partition coefficient (Wildman–Crippen LogP) is 3.19. The van der Waals surface area contributed by atoms with Crippen LogP contribution in [0.25, 0.3) is 0 Å². The highest BCUT2D eigenvalue weighted by Crippen LogP contribution is 2.18. The van der Waals surface area contributed by atoms with Gasteiger partial charge in [0.05, 0.1) is 12.2 Å². The van der Waals surface area contributed by atoms with Crippen molar-refractivity contribution in [3.05, 3.63) is 54.1 Å². The molecule has 0 aliphatic carbocycles. The number of rotatable bonds is 8. The van der Waals surface area contributed by atoms with Gasteiger partial charge in [0.2, 0.25) is 5.91 Å². The number of thiocarbonyl (C=S) groups is 1. The third-order valence-corrected chi connectivity index (χ3v) is 3.72. The second-order valence-electron chi connectivity index (χ2n) is 5.71. The highest BCUT2D eigenvalue weighted by molar-refractivity contribution is 7.80. The second kappa shape index (κ2) is 11.0. The fourth-order valence-corrected chi connectivity index (χ4v) is 2.52. The summed E-state index contributed by atoms with van der Waals surface area (Å²) in [4.78, 5) is 23.6. The summed E-state index contributed by atoms with van der Waals surface area (Å²) in [6, 6.07) is 13.9. The van der Waals surface area contributed by atoms with E-state index >= 15 is 0 Å². The van der Waals surface area contributed by atoms with E-state index in [-0.39, 0.29) is 16.9 Å². The maximum absolute atomic E-state index is 12.5.